The molecule has 2 heterocycles. The van der Waals surface area contributed by atoms with E-state index in [1.54, 1.807) is 0 Å². The molecule has 18 heavy (non-hydrogen) atoms. The van der Waals surface area contributed by atoms with E-state index in [2.05, 4.69) is 68.1 Å². The molecule has 1 aliphatic rings. The average molecular weight is 444 g/mol. The van der Waals surface area contributed by atoms with E-state index in [-0.39, 0.29) is 17.2 Å². The minimum atomic E-state index is -0.699. The van der Waals surface area contributed by atoms with Crippen molar-refractivity contribution in [2.24, 2.45) is 4.99 Å². The quantitative estimate of drug-likeness (QED) is 0.537. The van der Waals surface area contributed by atoms with Gasteiger partial charge in [-0.3, -0.25) is 9.78 Å². The monoisotopic (exact) mass is 441 g/mol. The van der Waals surface area contributed by atoms with Crippen molar-refractivity contribution in [3.8, 4) is 0 Å². The number of aliphatic imine (C=N–C) groups is 1. The largest absolute Gasteiger partial charge is 0.369 e. The molecule has 0 amide bonds. The maximum Gasteiger partial charge on any atom is 0.280 e. The van der Waals surface area contributed by atoms with Crippen LogP contribution in [0.15, 0.2) is 9.79 Å². The van der Waals surface area contributed by atoms with Gasteiger partial charge in [-0.1, -0.05) is 47.8 Å². The SMILES string of the molecule is CC1(C)Nc2nc(N)[nH]c(=O)c2N=C1C(Br)(Br)Br. The number of fused-ring (bicyclic) bond motifs is 1. The van der Waals surface area contributed by atoms with Gasteiger partial charge in [0.15, 0.2) is 13.6 Å². The van der Waals surface area contributed by atoms with Gasteiger partial charge < -0.3 is 11.1 Å². The van der Waals surface area contributed by atoms with E-state index in [1.807, 2.05) is 13.8 Å². The van der Waals surface area contributed by atoms with Crippen LogP contribution in [-0.2, 0) is 0 Å². The molecule has 0 saturated heterocycles. The van der Waals surface area contributed by atoms with Crippen LogP contribution >= 0.6 is 47.8 Å². The number of hydrogen-bond acceptors (Lipinski definition) is 5. The van der Waals surface area contributed by atoms with Crippen molar-refractivity contribution < 1.29 is 0 Å². The highest BCUT2D eigenvalue weighted by atomic mass is 80.0. The zero-order valence-electron chi connectivity index (χ0n) is 9.51. The second-order valence-electron chi connectivity index (χ2n) is 4.36. The van der Waals surface area contributed by atoms with Crippen LogP contribution in [0.2, 0.25) is 0 Å². The second-order valence-corrected chi connectivity index (χ2v) is 11.1. The fourth-order valence-corrected chi connectivity index (χ4v) is 3.45. The van der Waals surface area contributed by atoms with E-state index >= 15 is 0 Å². The summed E-state index contributed by atoms with van der Waals surface area (Å²) in [5.41, 5.74) is 5.50. The number of alkyl halides is 3. The third-order valence-electron chi connectivity index (χ3n) is 2.43. The van der Waals surface area contributed by atoms with Gasteiger partial charge in [-0.15, -0.1) is 0 Å². The number of halogens is 3. The molecule has 9 heteroatoms. The van der Waals surface area contributed by atoms with Crippen molar-refractivity contribution in [1.82, 2.24) is 9.97 Å². The van der Waals surface area contributed by atoms with Gasteiger partial charge in [-0.2, -0.15) is 4.98 Å². The summed E-state index contributed by atoms with van der Waals surface area (Å²) in [6, 6.07) is 0. The summed E-state index contributed by atoms with van der Waals surface area (Å²) in [6.45, 7) is 3.85. The third kappa shape index (κ3) is 2.48. The maximum absolute atomic E-state index is 11.8. The molecule has 0 bridgehead atoms. The number of H-pyrrole nitrogens is 1. The molecule has 0 saturated carbocycles. The lowest BCUT2D eigenvalue weighted by Gasteiger charge is -2.36. The number of rotatable bonds is 0. The molecule has 0 atom stereocenters. The predicted molar refractivity (Wildman–Crippen MR) is 83.6 cm³/mol. The number of nitrogens with zero attached hydrogens (tertiary/aromatic N) is 2. The Morgan fingerprint density at radius 3 is 2.50 bits per heavy atom. The molecule has 0 aromatic carbocycles. The van der Waals surface area contributed by atoms with Crippen LogP contribution in [0.1, 0.15) is 13.8 Å². The molecule has 1 aromatic rings. The zero-order chi connectivity index (χ0) is 13.7. The van der Waals surface area contributed by atoms with Gasteiger partial charge in [0.25, 0.3) is 5.56 Å². The molecule has 1 aromatic heterocycles. The normalized spacial score (nSPS) is 17.7. The molecule has 0 radical (unpaired) electrons. The van der Waals surface area contributed by atoms with Crippen molar-refractivity contribution in [3.05, 3.63) is 10.4 Å². The summed E-state index contributed by atoms with van der Waals surface area (Å²) in [5.74, 6) is 0.435. The van der Waals surface area contributed by atoms with Crippen LogP contribution in [-0.4, -0.2) is 23.4 Å². The molecule has 0 aliphatic carbocycles. The molecule has 98 valence electrons. The highest BCUT2D eigenvalue weighted by molar-refractivity contribution is 9.40. The standard InChI is InChI=1S/C9H10Br3N5O/c1-8(2)6(9(10,11)12)14-3-4(17-8)15-7(13)16-5(3)18/h1-2H3,(H4,13,15,16,17,18). The van der Waals surface area contributed by atoms with Crippen molar-refractivity contribution in [1.29, 1.82) is 0 Å². The lowest BCUT2D eigenvalue weighted by molar-refractivity contribution is 0.736. The van der Waals surface area contributed by atoms with Crippen LogP contribution < -0.4 is 16.6 Å². The highest BCUT2D eigenvalue weighted by Crippen LogP contribution is 2.43. The molecule has 1 aliphatic heterocycles. The smallest absolute Gasteiger partial charge is 0.280 e. The van der Waals surface area contributed by atoms with Gasteiger partial charge >= 0.3 is 0 Å². The molecule has 0 spiro atoms. The van der Waals surface area contributed by atoms with Crippen LogP contribution in [0, 0.1) is 0 Å². The Kier molecular flexibility index (Phi) is 3.35. The summed E-state index contributed by atoms with van der Waals surface area (Å²) in [4.78, 5) is 22.6. The minimum absolute atomic E-state index is 0.0588. The highest BCUT2D eigenvalue weighted by Gasteiger charge is 2.41. The van der Waals surface area contributed by atoms with Crippen molar-refractivity contribution in [2.75, 3.05) is 11.1 Å². The Balaban J connectivity index is 2.70. The Hall–Kier alpha value is -0.410. The average Bonchev–Trinajstić information content (AvgIpc) is 2.11. The summed E-state index contributed by atoms with van der Waals surface area (Å²) < 4.78 is -0.699. The summed E-state index contributed by atoms with van der Waals surface area (Å²) in [6.07, 6.45) is 0. The molecule has 6 nitrogen and oxygen atoms in total. The first-order chi connectivity index (χ1) is 8.11. The van der Waals surface area contributed by atoms with Gasteiger partial charge in [0.05, 0.1) is 11.3 Å². The van der Waals surface area contributed by atoms with Crippen molar-refractivity contribution >= 4 is 71.0 Å². The van der Waals surface area contributed by atoms with Crippen LogP contribution in [0.25, 0.3) is 0 Å². The Labute approximate surface area is 128 Å². The molecule has 0 fully saturated rings. The van der Waals surface area contributed by atoms with E-state index in [0.717, 1.165) is 0 Å². The van der Waals surface area contributed by atoms with Crippen LogP contribution in [0.4, 0.5) is 17.5 Å². The van der Waals surface area contributed by atoms with Gasteiger partial charge in [0.2, 0.25) is 5.95 Å². The zero-order valence-corrected chi connectivity index (χ0v) is 14.3. The summed E-state index contributed by atoms with van der Waals surface area (Å²) in [5, 5.41) is 3.14. The molecule has 2 rings (SSSR count). The van der Waals surface area contributed by atoms with Crippen LogP contribution in [0.5, 0.6) is 0 Å². The Bertz CT molecular complexity index is 587. The number of hydrogen-bond donors (Lipinski definition) is 3. The number of nitrogen functional groups attached to an aromatic ring is 1. The van der Waals surface area contributed by atoms with E-state index in [4.69, 9.17) is 5.73 Å². The fourth-order valence-electron chi connectivity index (χ4n) is 1.70. The lowest BCUT2D eigenvalue weighted by atomic mass is 9.97. The Morgan fingerprint density at radius 2 is 1.94 bits per heavy atom. The first-order valence-electron chi connectivity index (χ1n) is 4.95. The maximum atomic E-state index is 11.8. The van der Waals surface area contributed by atoms with Gasteiger partial charge in [-0.05, 0) is 13.8 Å². The first kappa shape index (κ1) is 14.0. The summed E-state index contributed by atoms with van der Waals surface area (Å²) in [7, 11) is 0. The minimum Gasteiger partial charge on any atom is -0.369 e. The van der Waals surface area contributed by atoms with E-state index < -0.39 is 7.68 Å². The topological polar surface area (TPSA) is 96.2 Å². The van der Waals surface area contributed by atoms with Gasteiger partial charge in [0.1, 0.15) is 0 Å². The van der Waals surface area contributed by atoms with E-state index in [0.29, 0.717) is 11.5 Å². The number of aromatic nitrogens is 2. The van der Waals surface area contributed by atoms with Crippen LogP contribution in [0.3, 0.4) is 0 Å². The fraction of sp³-hybridized carbons (Fsp3) is 0.444. The van der Waals surface area contributed by atoms with E-state index in [1.165, 1.54) is 0 Å². The molecule has 4 N–H and O–H groups in total. The second kappa shape index (κ2) is 4.31. The third-order valence-corrected chi connectivity index (χ3v) is 3.55. The number of nitrogens with one attached hydrogen (secondary N) is 2. The van der Waals surface area contributed by atoms with Gasteiger partial charge in [0, 0.05) is 0 Å². The Morgan fingerprint density at radius 1 is 1.33 bits per heavy atom. The van der Waals surface area contributed by atoms with Gasteiger partial charge in [-0.25, -0.2) is 4.99 Å². The number of nitrogens with two attached hydrogens (primary N) is 1. The molecular weight excluding hydrogens is 434 g/mol. The van der Waals surface area contributed by atoms with Crippen molar-refractivity contribution in [3.63, 3.8) is 0 Å². The number of aromatic amines is 1. The lowest BCUT2D eigenvalue weighted by Crippen LogP contribution is -2.48. The first-order valence-corrected chi connectivity index (χ1v) is 7.33. The molecular formula is C9H10Br3N5O. The predicted octanol–water partition coefficient (Wildman–Crippen LogP) is 2.47. The van der Waals surface area contributed by atoms with Crippen molar-refractivity contribution in [2.45, 2.75) is 21.5 Å². The number of anilines is 2. The molecule has 0 unspecified atom stereocenters. The van der Waals surface area contributed by atoms with E-state index in [9.17, 15) is 4.79 Å². The summed E-state index contributed by atoms with van der Waals surface area (Å²) >= 11 is 10.2.